The van der Waals surface area contributed by atoms with E-state index in [-0.39, 0.29) is 34.0 Å². The number of hydrogen-bond acceptors (Lipinski definition) is 2. The smallest absolute Gasteiger partial charge is 0.300 e. The Morgan fingerprint density at radius 2 is 1.65 bits per heavy atom. The summed E-state index contributed by atoms with van der Waals surface area (Å²) in [6.07, 6.45) is 0.937. The van der Waals surface area contributed by atoms with Crippen molar-refractivity contribution in [2.45, 2.75) is 39.5 Å². The summed E-state index contributed by atoms with van der Waals surface area (Å²) in [6.45, 7) is 5.41. The number of anilines is 1. The summed E-state index contributed by atoms with van der Waals surface area (Å²) >= 11 is 0. The van der Waals surface area contributed by atoms with Crippen molar-refractivity contribution < 1.29 is 22.7 Å². The van der Waals surface area contributed by atoms with Gasteiger partial charge in [-0.1, -0.05) is 30.3 Å². The number of rotatable bonds is 6. The number of amides is 1. The van der Waals surface area contributed by atoms with Gasteiger partial charge in [-0.3, -0.25) is 4.79 Å². The molecule has 1 saturated carbocycles. The third-order valence-corrected chi connectivity index (χ3v) is 6.82. The molecular formula is C29H26F3N3O2. The first-order valence-corrected chi connectivity index (χ1v) is 12.1. The number of H-pyrrole nitrogens is 1. The van der Waals surface area contributed by atoms with Gasteiger partial charge < -0.3 is 10.5 Å². The van der Waals surface area contributed by atoms with E-state index in [1.807, 2.05) is 32.0 Å². The van der Waals surface area contributed by atoms with Crippen LogP contribution in [0.5, 0.6) is 0 Å². The van der Waals surface area contributed by atoms with Gasteiger partial charge in [0.05, 0.1) is 5.56 Å². The van der Waals surface area contributed by atoms with Crippen LogP contribution in [0.25, 0.3) is 22.5 Å². The van der Waals surface area contributed by atoms with Crippen LogP contribution in [0.3, 0.4) is 0 Å². The van der Waals surface area contributed by atoms with E-state index in [0.717, 1.165) is 16.7 Å². The second-order valence-corrected chi connectivity index (χ2v) is 9.67. The molecule has 1 heterocycles. The molecule has 3 aromatic carbocycles. The Balaban J connectivity index is 1.47. The van der Waals surface area contributed by atoms with Gasteiger partial charge in [0.25, 0.3) is 17.7 Å². The molecule has 0 aliphatic heterocycles. The number of halogens is 3. The maximum Gasteiger partial charge on any atom is 0.300 e. The normalized spacial score (nSPS) is 13.6. The first kappa shape index (κ1) is 24.6. The zero-order valence-corrected chi connectivity index (χ0v) is 20.7. The fourth-order valence-electron chi connectivity index (χ4n) is 4.82. The van der Waals surface area contributed by atoms with Crippen LogP contribution in [-0.4, -0.2) is 10.9 Å². The molecule has 37 heavy (non-hydrogen) atoms. The van der Waals surface area contributed by atoms with Crippen LogP contribution in [0.15, 0.2) is 60.7 Å². The van der Waals surface area contributed by atoms with Crippen LogP contribution < -0.4 is 10.0 Å². The maximum atomic E-state index is 14.7. The van der Waals surface area contributed by atoms with E-state index in [2.05, 4.69) is 10.3 Å². The van der Waals surface area contributed by atoms with Gasteiger partial charge in [-0.05, 0) is 79.3 Å². The Labute approximate surface area is 212 Å². The number of benzene rings is 3. The van der Waals surface area contributed by atoms with Gasteiger partial charge in [-0.2, -0.15) is 0 Å². The molecule has 1 aromatic heterocycles. The molecule has 0 radical (unpaired) electrons. The second kappa shape index (κ2) is 9.10. The number of carbonyl (C=O) groups excluding carboxylic acids is 1. The van der Waals surface area contributed by atoms with E-state index in [1.54, 1.807) is 13.0 Å². The topological polar surface area (TPSA) is 71.8 Å². The SMILES string of the molecule is Cc1cccc(C)c1-c1cc(F)cc(-c2[nH]c(C)c(C(=O)Nc3cccc(C(F)(F)C4CC4)c3)[n+]2[O-])c1. The van der Waals surface area contributed by atoms with Crippen molar-refractivity contribution in [3.8, 4) is 22.5 Å². The van der Waals surface area contributed by atoms with Gasteiger partial charge in [-0.15, -0.1) is 0 Å². The first-order chi connectivity index (χ1) is 17.6. The van der Waals surface area contributed by atoms with E-state index in [9.17, 15) is 23.2 Å². The lowest BCUT2D eigenvalue weighted by Crippen LogP contribution is -2.36. The molecule has 5 nitrogen and oxygen atoms in total. The number of aryl methyl sites for hydroxylation is 3. The Morgan fingerprint density at radius 3 is 2.32 bits per heavy atom. The van der Waals surface area contributed by atoms with Gasteiger partial charge in [0, 0.05) is 24.1 Å². The summed E-state index contributed by atoms with van der Waals surface area (Å²) in [5.74, 6) is -4.93. The molecule has 0 saturated heterocycles. The predicted octanol–water partition coefficient (Wildman–Crippen LogP) is 6.80. The minimum Gasteiger partial charge on any atom is -0.710 e. The summed E-state index contributed by atoms with van der Waals surface area (Å²) in [6, 6.07) is 15.6. The van der Waals surface area contributed by atoms with E-state index < -0.39 is 23.6 Å². The van der Waals surface area contributed by atoms with Gasteiger partial charge in [-0.25, -0.2) is 22.9 Å². The quantitative estimate of drug-likeness (QED) is 0.223. The summed E-state index contributed by atoms with van der Waals surface area (Å²) in [5.41, 5.74) is 3.70. The molecule has 4 aromatic rings. The number of aromatic nitrogens is 2. The van der Waals surface area contributed by atoms with Crippen molar-refractivity contribution in [2.75, 3.05) is 5.32 Å². The van der Waals surface area contributed by atoms with Crippen LogP contribution in [0.2, 0.25) is 0 Å². The fraction of sp³-hybridized carbons (Fsp3) is 0.241. The molecule has 1 aliphatic carbocycles. The number of nitrogens with zero attached hydrogens (tertiary/aromatic N) is 1. The first-order valence-electron chi connectivity index (χ1n) is 12.1. The Hall–Kier alpha value is -4.07. The molecule has 1 fully saturated rings. The van der Waals surface area contributed by atoms with E-state index >= 15 is 0 Å². The molecule has 8 heteroatoms. The van der Waals surface area contributed by atoms with E-state index in [1.165, 1.54) is 36.4 Å². The molecule has 0 spiro atoms. The molecule has 5 rings (SSSR count). The average molecular weight is 506 g/mol. The molecule has 1 aliphatic rings. The summed E-state index contributed by atoms with van der Waals surface area (Å²) in [5, 5.41) is 15.8. The largest absolute Gasteiger partial charge is 0.710 e. The van der Waals surface area contributed by atoms with Crippen LogP contribution in [-0.2, 0) is 5.92 Å². The Morgan fingerprint density at radius 1 is 1.00 bits per heavy atom. The number of aromatic amines is 1. The number of alkyl halides is 2. The fourth-order valence-corrected chi connectivity index (χ4v) is 4.82. The minimum absolute atomic E-state index is 0.00338. The van der Waals surface area contributed by atoms with E-state index in [0.29, 0.717) is 23.1 Å². The summed E-state index contributed by atoms with van der Waals surface area (Å²) in [4.78, 5) is 15.9. The standard InChI is InChI=1S/C29H26F3N3O2/c1-16-6-4-7-17(2)25(16)19-12-20(14-23(30)13-19)27-33-18(3)26(35(27)37)28(36)34-24-9-5-8-22(15-24)29(31,32)21-10-11-21/h4-9,12-15,21,33H,10-11H2,1-3H3,(H,34,36). The highest BCUT2D eigenvalue weighted by Gasteiger charge is 2.48. The number of carbonyl (C=O) groups is 1. The molecular weight excluding hydrogens is 479 g/mol. The Kier molecular flexibility index (Phi) is 6.06. The average Bonchev–Trinajstić information content (AvgIpc) is 3.64. The predicted molar refractivity (Wildman–Crippen MR) is 136 cm³/mol. The number of nitrogens with one attached hydrogen (secondary N) is 2. The zero-order chi connectivity index (χ0) is 26.5. The van der Waals surface area contributed by atoms with Crippen molar-refractivity contribution in [3.05, 3.63) is 99.8 Å². The highest BCUT2D eigenvalue weighted by atomic mass is 19.3. The molecule has 2 N–H and O–H groups in total. The van der Waals surface area contributed by atoms with Gasteiger partial charge in [0.2, 0.25) is 5.69 Å². The minimum atomic E-state index is -2.97. The van der Waals surface area contributed by atoms with E-state index in [4.69, 9.17) is 0 Å². The molecule has 190 valence electrons. The third-order valence-electron chi connectivity index (χ3n) is 6.82. The molecule has 1 amide bonds. The third kappa shape index (κ3) is 4.59. The van der Waals surface area contributed by atoms with Gasteiger partial charge in [0.1, 0.15) is 5.82 Å². The van der Waals surface area contributed by atoms with Crippen LogP contribution in [0.1, 0.15) is 45.7 Å². The molecule has 0 bridgehead atoms. The van der Waals surface area contributed by atoms with Crippen molar-refractivity contribution >= 4 is 11.6 Å². The van der Waals surface area contributed by atoms with Crippen LogP contribution >= 0.6 is 0 Å². The van der Waals surface area contributed by atoms with Gasteiger partial charge in [0.15, 0.2) is 5.69 Å². The highest BCUT2D eigenvalue weighted by Crippen LogP contribution is 2.49. The van der Waals surface area contributed by atoms with Crippen molar-refractivity contribution in [3.63, 3.8) is 0 Å². The van der Waals surface area contributed by atoms with Crippen molar-refractivity contribution in [1.82, 2.24) is 4.98 Å². The molecule has 0 unspecified atom stereocenters. The number of hydrogen-bond donors (Lipinski definition) is 2. The summed E-state index contributed by atoms with van der Waals surface area (Å²) in [7, 11) is 0. The van der Waals surface area contributed by atoms with Crippen molar-refractivity contribution in [2.24, 2.45) is 5.92 Å². The number of imidazole rings is 1. The lowest BCUT2D eigenvalue weighted by Gasteiger charge is -2.17. The lowest BCUT2D eigenvalue weighted by molar-refractivity contribution is -0.594. The Bertz CT molecular complexity index is 1500. The second-order valence-electron chi connectivity index (χ2n) is 9.67. The lowest BCUT2D eigenvalue weighted by atomic mass is 9.94. The highest BCUT2D eigenvalue weighted by molar-refractivity contribution is 6.02. The van der Waals surface area contributed by atoms with Gasteiger partial charge >= 0.3 is 0 Å². The zero-order valence-electron chi connectivity index (χ0n) is 20.7. The van der Waals surface area contributed by atoms with Crippen molar-refractivity contribution in [1.29, 1.82) is 0 Å². The molecule has 0 atom stereocenters. The summed E-state index contributed by atoms with van der Waals surface area (Å²) < 4.78 is 44.2. The maximum absolute atomic E-state index is 14.7. The monoisotopic (exact) mass is 505 g/mol. The van der Waals surface area contributed by atoms with Crippen LogP contribution in [0.4, 0.5) is 18.9 Å². The van der Waals surface area contributed by atoms with Crippen LogP contribution in [0, 0.1) is 37.7 Å².